The van der Waals surface area contributed by atoms with Crippen molar-refractivity contribution in [2.45, 2.75) is 19.4 Å². The highest BCUT2D eigenvalue weighted by Gasteiger charge is 2.15. The molecule has 1 aliphatic heterocycles. The molecule has 1 saturated heterocycles. The second kappa shape index (κ2) is 4.49. The monoisotopic (exact) mass is 209 g/mol. The van der Waals surface area contributed by atoms with Crippen LogP contribution in [0.25, 0.3) is 0 Å². The van der Waals surface area contributed by atoms with Gasteiger partial charge in [0.05, 0.1) is 13.7 Å². The Bertz CT molecular complexity index is 339. The lowest BCUT2D eigenvalue weighted by Crippen LogP contribution is -2.17. The van der Waals surface area contributed by atoms with E-state index in [2.05, 4.69) is 9.64 Å². The number of carbonyl (C=O) groups excluding carboxylic acids is 1. The Morgan fingerprint density at radius 3 is 2.87 bits per heavy atom. The van der Waals surface area contributed by atoms with Crippen LogP contribution >= 0.6 is 0 Å². The number of nitrogens with zero attached hydrogens (tertiary/aromatic N) is 1. The number of carbonyl (C=O) groups is 1. The second-order valence-corrected chi connectivity index (χ2v) is 3.74. The predicted octanol–water partition coefficient (Wildman–Crippen LogP) is 1.66. The first kappa shape index (κ1) is 10.2. The number of methoxy groups -OCH3 is 1. The van der Waals surface area contributed by atoms with E-state index in [1.165, 1.54) is 20.0 Å². The van der Waals surface area contributed by atoms with Gasteiger partial charge in [0.15, 0.2) is 0 Å². The molecule has 1 aromatic heterocycles. The fraction of sp³-hybridized carbons (Fsp3) is 0.545. The maximum atomic E-state index is 11.1. The number of likely N-dealkylation sites (tertiary alicyclic amines) is 1. The molecule has 1 aliphatic rings. The summed E-state index contributed by atoms with van der Waals surface area (Å²) < 4.78 is 9.96. The summed E-state index contributed by atoms with van der Waals surface area (Å²) in [6.45, 7) is 3.03. The maximum Gasteiger partial charge on any atom is 0.373 e. The third-order valence-electron chi connectivity index (χ3n) is 2.63. The van der Waals surface area contributed by atoms with Gasteiger partial charge in [0.2, 0.25) is 5.76 Å². The summed E-state index contributed by atoms with van der Waals surface area (Å²) in [7, 11) is 1.35. The summed E-state index contributed by atoms with van der Waals surface area (Å²) in [5.74, 6) is 0.701. The highest BCUT2D eigenvalue weighted by Crippen LogP contribution is 2.15. The molecular weight excluding hydrogens is 194 g/mol. The van der Waals surface area contributed by atoms with Crippen LogP contribution in [0, 0.1) is 0 Å². The zero-order valence-electron chi connectivity index (χ0n) is 8.86. The lowest BCUT2D eigenvalue weighted by Gasteiger charge is -2.11. The van der Waals surface area contributed by atoms with E-state index >= 15 is 0 Å². The lowest BCUT2D eigenvalue weighted by atomic mass is 10.4. The molecule has 2 rings (SSSR count). The van der Waals surface area contributed by atoms with Crippen molar-refractivity contribution < 1.29 is 13.9 Å². The molecule has 0 aliphatic carbocycles. The van der Waals surface area contributed by atoms with E-state index in [1.54, 1.807) is 6.07 Å². The van der Waals surface area contributed by atoms with Crippen molar-refractivity contribution in [1.82, 2.24) is 4.90 Å². The standard InChI is InChI=1S/C11H15NO3/c1-14-11(13)10-5-4-9(15-10)8-12-6-2-3-7-12/h4-5H,2-3,6-8H2,1H3. The van der Waals surface area contributed by atoms with Crippen molar-refractivity contribution in [3.63, 3.8) is 0 Å². The highest BCUT2D eigenvalue weighted by atomic mass is 16.5. The topological polar surface area (TPSA) is 42.7 Å². The molecule has 0 bridgehead atoms. The smallest absolute Gasteiger partial charge is 0.373 e. The molecule has 15 heavy (non-hydrogen) atoms. The predicted molar refractivity (Wildman–Crippen MR) is 54.6 cm³/mol. The van der Waals surface area contributed by atoms with E-state index in [1.807, 2.05) is 6.07 Å². The Balaban J connectivity index is 1.97. The minimum absolute atomic E-state index is 0.284. The van der Waals surface area contributed by atoms with E-state index in [4.69, 9.17) is 4.42 Å². The first-order valence-electron chi connectivity index (χ1n) is 5.19. The number of furan rings is 1. The molecule has 4 heteroatoms. The van der Waals surface area contributed by atoms with Crippen LogP contribution in [0.2, 0.25) is 0 Å². The molecule has 0 radical (unpaired) electrons. The summed E-state index contributed by atoms with van der Waals surface area (Å²) >= 11 is 0. The third-order valence-corrected chi connectivity index (χ3v) is 2.63. The molecule has 0 saturated carbocycles. The number of rotatable bonds is 3. The van der Waals surface area contributed by atoms with Gasteiger partial charge in [0, 0.05) is 0 Å². The van der Waals surface area contributed by atoms with Gasteiger partial charge in [0.25, 0.3) is 0 Å². The van der Waals surface area contributed by atoms with Crippen molar-refractivity contribution in [3.8, 4) is 0 Å². The van der Waals surface area contributed by atoms with Crippen LogP contribution in [0.5, 0.6) is 0 Å². The van der Waals surface area contributed by atoms with Crippen molar-refractivity contribution in [2.75, 3.05) is 20.2 Å². The van der Waals surface area contributed by atoms with E-state index in [0.29, 0.717) is 0 Å². The fourth-order valence-corrected chi connectivity index (χ4v) is 1.83. The average Bonchev–Trinajstić information content (AvgIpc) is 2.88. The Kier molecular flexibility index (Phi) is 3.06. The van der Waals surface area contributed by atoms with Gasteiger partial charge in [-0.1, -0.05) is 0 Å². The second-order valence-electron chi connectivity index (χ2n) is 3.74. The van der Waals surface area contributed by atoms with Crippen molar-refractivity contribution in [3.05, 3.63) is 23.7 Å². The quantitative estimate of drug-likeness (QED) is 0.710. The van der Waals surface area contributed by atoms with Gasteiger partial charge in [0.1, 0.15) is 5.76 Å². The Morgan fingerprint density at radius 2 is 2.20 bits per heavy atom. The first-order valence-corrected chi connectivity index (χ1v) is 5.19. The number of hydrogen-bond donors (Lipinski definition) is 0. The average molecular weight is 209 g/mol. The van der Waals surface area contributed by atoms with Gasteiger partial charge in [-0.15, -0.1) is 0 Å². The molecule has 0 atom stereocenters. The molecule has 2 heterocycles. The zero-order valence-corrected chi connectivity index (χ0v) is 8.86. The van der Waals surface area contributed by atoms with Crippen molar-refractivity contribution >= 4 is 5.97 Å². The number of hydrogen-bond acceptors (Lipinski definition) is 4. The van der Waals surface area contributed by atoms with E-state index in [-0.39, 0.29) is 5.76 Å². The van der Waals surface area contributed by atoms with E-state index in [9.17, 15) is 4.79 Å². The lowest BCUT2D eigenvalue weighted by molar-refractivity contribution is 0.0561. The summed E-state index contributed by atoms with van der Waals surface area (Å²) in [4.78, 5) is 13.5. The van der Waals surface area contributed by atoms with Gasteiger partial charge in [-0.2, -0.15) is 0 Å². The third kappa shape index (κ3) is 2.39. The Labute approximate surface area is 88.8 Å². The van der Waals surface area contributed by atoms with Crippen LogP contribution in [-0.2, 0) is 11.3 Å². The maximum absolute atomic E-state index is 11.1. The van der Waals surface area contributed by atoms with Gasteiger partial charge < -0.3 is 9.15 Å². The minimum Gasteiger partial charge on any atom is -0.463 e. The van der Waals surface area contributed by atoms with Gasteiger partial charge in [-0.3, -0.25) is 4.90 Å². The molecule has 0 aromatic carbocycles. The molecular formula is C11H15NO3. The number of esters is 1. The summed E-state index contributed by atoms with van der Waals surface area (Å²) in [6.07, 6.45) is 2.51. The van der Waals surface area contributed by atoms with Crippen LogP contribution in [-0.4, -0.2) is 31.1 Å². The molecule has 0 unspecified atom stereocenters. The first-order chi connectivity index (χ1) is 7.29. The van der Waals surface area contributed by atoms with Crippen LogP contribution in [0.1, 0.15) is 29.2 Å². The molecule has 1 fully saturated rings. The van der Waals surface area contributed by atoms with Gasteiger partial charge >= 0.3 is 5.97 Å². The summed E-state index contributed by atoms with van der Waals surface area (Å²) in [6, 6.07) is 3.50. The number of ether oxygens (including phenoxy) is 1. The van der Waals surface area contributed by atoms with Gasteiger partial charge in [-0.25, -0.2) is 4.79 Å². The largest absolute Gasteiger partial charge is 0.463 e. The summed E-state index contributed by atoms with van der Waals surface area (Å²) in [5, 5.41) is 0. The van der Waals surface area contributed by atoms with E-state index < -0.39 is 5.97 Å². The summed E-state index contributed by atoms with van der Waals surface area (Å²) in [5.41, 5.74) is 0. The molecule has 0 spiro atoms. The van der Waals surface area contributed by atoms with E-state index in [0.717, 1.165) is 25.4 Å². The van der Waals surface area contributed by atoms with Crippen LogP contribution < -0.4 is 0 Å². The zero-order chi connectivity index (χ0) is 10.7. The molecule has 4 nitrogen and oxygen atoms in total. The van der Waals surface area contributed by atoms with Crippen LogP contribution in [0.15, 0.2) is 16.5 Å². The van der Waals surface area contributed by atoms with Gasteiger partial charge in [-0.05, 0) is 38.1 Å². The Morgan fingerprint density at radius 1 is 1.47 bits per heavy atom. The molecule has 1 aromatic rings. The fourth-order valence-electron chi connectivity index (χ4n) is 1.83. The van der Waals surface area contributed by atoms with Crippen LogP contribution in [0.3, 0.4) is 0 Å². The highest BCUT2D eigenvalue weighted by molar-refractivity contribution is 5.86. The van der Waals surface area contributed by atoms with Crippen molar-refractivity contribution in [2.24, 2.45) is 0 Å². The molecule has 82 valence electrons. The molecule has 0 N–H and O–H groups in total. The normalized spacial score (nSPS) is 16.9. The van der Waals surface area contributed by atoms with Crippen molar-refractivity contribution in [1.29, 1.82) is 0 Å². The van der Waals surface area contributed by atoms with Crippen LogP contribution in [0.4, 0.5) is 0 Å². The SMILES string of the molecule is COC(=O)c1ccc(CN2CCCC2)o1. The Hall–Kier alpha value is -1.29. The minimum atomic E-state index is -0.414. The molecule has 0 amide bonds.